The van der Waals surface area contributed by atoms with Gasteiger partial charge in [0.1, 0.15) is 0 Å². The molecule has 0 heterocycles. The molecule has 2 saturated carbocycles. The minimum atomic E-state index is 0.436. The Balaban J connectivity index is 1.73. The fourth-order valence-corrected chi connectivity index (χ4v) is 2.31. The van der Waals surface area contributed by atoms with Crippen LogP contribution in [0.2, 0.25) is 0 Å². The fourth-order valence-electron chi connectivity index (χ4n) is 1.60. The van der Waals surface area contributed by atoms with Crippen LogP contribution in [-0.4, -0.2) is 29.5 Å². The number of hydrogen-bond acceptors (Lipinski definition) is 2. The maximum atomic E-state index is 5.80. The van der Waals surface area contributed by atoms with Crippen molar-refractivity contribution in [3.8, 4) is 0 Å². The molecule has 2 rings (SSSR count). The summed E-state index contributed by atoms with van der Waals surface area (Å²) < 4.78 is 0.436. The van der Waals surface area contributed by atoms with Gasteiger partial charge in [0.05, 0.1) is 6.54 Å². The van der Waals surface area contributed by atoms with Crippen LogP contribution in [0.5, 0.6) is 0 Å². The van der Waals surface area contributed by atoms with E-state index in [2.05, 4.69) is 16.6 Å². The Kier molecular flexibility index (Phi) is 2.91. The van der Waals surface area contributed by atoms with E-state index >= 15 is 0 Å². The number of thioether (sulfide) groups is 1. The van der Waals surface area contributed by atoms with Gasteiger partial charge < -0.3 is 11.1 Å². The Labute approximate surface area is 89.9 Å². The zero-order valence-electron chi connectivity index (χ0n) is 8.75. The van der Waals surface area contributed by atoms with Gasteiger partial charge in [-0.2, -0.15) is 11.8 Å². The summed E-state index contributed by atoms with van der Waals surface area (Å²) in [5, 5.41) is 3.26. The molecule has 2 fully saturated rings. The van der Waals surface area contributed by atoms with Crippen molar-refractivity contribution in [2.24, 2.45) is 10.7 Å². The van der Waals surface area contributed by atoms with Crippen molar-refractivity contribution in [3.63, 3.8) is 0 Å². The van der Waals surface area contributed by atoms with E-state index < -0.39 is 0 Å². The molecule has 4 heteroatoms. The summed E-state index contributed by atoms with van der Waals surface area (Å²) in [7, 11) is 0. The zero-order valence-corrected chi connectivity index (χ0v) is 9.57. The van der Waals surface area contributed by atoms with Crippen LogP contribution in [0.25, 0.3) is 0 Å². The summed E-state index contributed by atoms with van der Waals surface area (Å²) in [5.74, 6) is 0.648. The molecule has 0 unspecified atom stereocenters. The number of nitrogens with one attached hydrogen (secondary N) is 1. The average molecular weight is 213 g/mol. The number of nitrogens with two attached hydrogens (primary N) is 1. The maximum absolute atomic E-state index is 5.80. The van der Waals surface area contributed by atoms with Gasteiger partial charge in [0.25, 0.3) is 0 Å². The molecule has 0 spiro atoms. The highest BCUT2D eigenvalue weighted by atomic mass is 32.2. The molecule has 2 aliphatic carbocycles. The van der Waals surface area contributed by atoms with Crippen LogP contribution in [0.3, 0.4) is 0 Å². The Hall–Kier alpha value is -0.380. The van der Waals surface area contributed by atoms with Crippen LogP contribution in [0.4, 0.5) is 0 Å². The number of nitrogens with zero attached hydrogens (tertiary/aromatic N) is 1. The molecular formula is C10H19N3S. The first-order valence-electron chi connectivity index (χ1n) is 5.36. The topological polar surface area (TPSA) is 50.4 Å². The van der Waals surface area contributed by atoms with E-state index in [4.69, 9.17) is 5.73 Å². The third kappa shape index (κ3) is 2.35. The van der Waals surface area contributed by atoms with Crippen molar-refractivity contribution in [2.45, 2.75) is 42.9 Å². The molecule has 0 radical (unpaired) electrons. The lowest BCUT2D eigenvalue weighted by Crippen LogP contribution is -2.44. The lowest BCUT2D eigenvalue weighted by atomic mass is 9.93. The predicted octanol–water partition coefficient (Wildman–Crippen LogP) is 1.34. The third-order valence-electron chi connectivity index (χ3n) is 3.24. The first-order chi connectivity index (χ1) is 6.74. The molecule has 0 saturated heterocycles. The van der Waals surface area contributed by atoms with E-state index in [1.807, 2.05) is 11.8 Å². The van der Waals surface area contributed by atoms with Crippen LogP contribution in [0, 0.1) is 0 Å². The molecule has 0 aromatic carbocycles. The lowest BCUT2D eigenvalue weighted by Gasteiger charge is -2.26. The second-order valence-electron chi connectivity index (χ2n) is 4.36. The first kappa shape index (κ1) is 10.1. The largest absolute Gasteiger partial charge is 0.370 e. The average Bonchev–Trinajstić information content (AvgIpc) is 2.89. The number of aliphatic imine (C=N–C) groups is 1. The molecule has 14 heavy (non-hydrogen) atoms. The molecule has 0 atom stereocenters. The highest BCUT2D eigenvalue weighted by Gasteiger charge is 2.41. The molecule has 3 nitrogen and oxygen atoms in total. The van der Waals surface area contributed by atoms with Gasteiger partial charge in [0.15, 0.2) is 5.96 Å². The molecule has 0 aromatic rings. The Morgan fingerprint density at radius 3 is 2.71 bits per heavy atom. The van der Waals surface area contributed by atoms with Crippen LogP contribution in [-0.2, 0) is 0 Å². The molecule has 0 aliphatic heterocycles. The minimum absolute atomic E-state index is 0.436. The summed E-state index contributed by atoms with van der Waals surface area (Å²) >= 11 is 1.93. The predicted molar refractivity (Wildman–Crippen MR) is 62.7 cm³/mol. The van der Waals surface area contributed by atoms with Crippen molar-refractivity contribution in [2.75, 3.05) is 12.8 Å². The second kappa shape index (κ2) is 4.01. The molecule has 80 valence electrons. The van der Waals surface area contributed by atoms with Gasteiger partial charge in [0, 0.05) is 10.8 Å². The molecule has 2 aliphatic rings. The molecule has 0 bridgehead atoms. The van der Waals surface area contributed by atoms with E-state index in [-0.39, 0.29) is 0 Å². The Bertz CT molecular complexity index is 232. The van der Waals surface area contributed by atoms with E-state index in [1.165, 1.54) is 32.1 Å². The summed E-state index contributed by atoms with van der Waals surface area (Å²) in [5.41, 5.74) is 5.80. The van der Waals surface area contributed by atoms with E-state index in [0.29, 0.717) is 16.7 Å². The third-order valence-corrected chi connectivity index (χ3v) is 4.64. The van der Waals surface area contributed by atoms with Gasteiger partial charge in [-0.3, -0.25) is 4.99 Å². The summed E-state index contributed by atoms with van der Waals surface area (Å²) in [6.07, 6.45) is 8.61. The number of rotatable bonds is 4. The van der Waals surface area contributed by atoms with Crippen molar-refractivity contribution >= 4 is 17.7 Å². The molecule has 0 amide bonds. The van der Waals surface area contributed by atoms with Crippen molar-refractivity contribution in [1.82, 2.24) is 5.32 Å². The molecular weight excluding hydrogens is 194 g/mol. The minimum Gasteiger partial charge on any atom is -0.370 e. The highest BCUT2D eigenvalue weighted by Crippen LogP contribution is 2.47. The van der Waals surface area contributed by atoms with Crippen molar-refractivity contribution in [1.29, 1.82) is 0 Å². The Morgan fingerprint density at radius 1 is 1.57 bits per heavy atom. The van der Waals surface area contributed by atoms with Gasteiger partial charge in [-0.1, -0.05) is 0 Å². The van der Waals surface area contributed by atoms with Gasteiger partial charge in [0.2, 0.25) is 0 Å². The van der Waals surface area contributed by atoms with Crippen LogP contribution in [0.1, 0.15) is 32.1 Å². The van der Waals surface area contributed by atoms with Crippen molar-refractivity contribution < 1.29 is 0 Å². The summed E-state index contributed by atoms with van der Waals surface area (Å²) in [6, 6.07) is 0.600. The highest BCUT2D eigenvalue weighted by molar-refractivity contribution is 8.00. The van der Waals surface area contributed by atoms with E-state index in [1.54, 1.807) is 0 Å². The molecule has 0 aromatic heterocycles. The second-order valence-corrected chi connectivity index (χ2v) is 5.64. The number of hydrogen-bond donors (Lipinski definition) is 2. The Morgan fingerprint density at radius 2 is 2.29 bits per heavy atom. The van der Waals surface area contributed by atoms with Crippen LogP contribution >= 0.6 is 11.8 Å². The smallest absolute Gasteiger partial charge is 0.188 e. The van der Waals surface area contributed by atoms with Crippen molar-refractivity contribution in [3.05, 3.63) is 0 Å². The van der Waals surface area contributed by atoms with E-state index in [0.717, 1.165) is 6.54 Å². The maximum Gasteiger partial charge on any atom is 0.188 e. The monoisotopic (exact) mass is 213 g/mol. The summed E-state index contributed by atoms with van der Waals surface area (Å²) in [4.78, 5) is 4.41. The summed E-state index contributed by atoms with van der Waals surface area (Å²) in [6.45, 7) is 0.889. The van der Waals surface area contributed by atoms with Crippen LogP contribution in [0.15, 0.2) is 4.99 Å². The van der Waals surface area contributed by atoms with E-state index in [9.17, 15) is 0 Å². The molecule has 3 N–H and O–H groups in total. The van der Waals surface area contributed by atoms with Crippen LogP contribution < -0.4 is 11.1 Å². The normalized spacial score (nSPS) is 25.6. The SMILES string of the molecule is CSC1(CN=C(N)NC2CCC2)CC1. The number of guanidine groups is 1. The van der Waals surface area contributed by atoms with Gasteiger partial charge in [-0.05, 0) is 38.4 Å². The fraction of sp³-hybridized carbons (Fsp3) is 0.900. The van der Waals surface area contributed by atoms with Gasteiger partial charge in [-0.25, -0.2) is 0 Å². The van der Waals surface area contributed by atoms with Gasteiger partial charge >= 0.3 is 0 Å². The lowest BCUT2D eigenvalue weighted by molar-refractivity contribution is 0.382. The quantitative estimate of drug-likeness (QED) is 0.547. The van der Waals surface area contributed by atoms with Gasteiger partial charge in [-0.15, -0.1) is 0 Å². The first-order valence-corrected chi connectivity index (χ1v) is 6.58. The standard InChI is InChI=1S/C10H19N3S/c1-14-10(5-6-10)7-12-9(11)13-8-3-2-4-8/h8H,2-7H2,1H3,(H3,11,12,13). The zero-order chi connectivity index (χ0) is 10.0.